The summed E-state index contributed by atoms with van der Waals surface area (Å²) in [6, 6.07) is 11.0. The summed E-state index contributed by atoms with van der Waals surface area (Å²) in [5, 5.41) is 4.79. The van der Waals surface area contributed by atoms with Crippen molar-refractivity contribution in [2.45, 2.75) is 64.3 Å². The van der Waals surface area contributed by atoms with E-state index in [9.17, 15) is 13.2 Å². The van der Waals surface area contributed by atoms with Gasteiger partial charge in [0, 0.05) is 23.9 Å². The Morgan fingerprint density at radius 3 is 2.32 bits per heavy atom. The molecule has 28 heavy (non-hydrogen) atoms. The molecule has 1 aliphatic heterocycles. The van der Waals surface area contributed by atoms with Crippen LogP contribution in [0.2, 0.25) is 0 Å². The van der Waals surface area contributed by atoms with Gasteiger partial charge in [-0.25, -0.2) is 8.42 Å². The minimum atomic E-state index is -3.55. The van der Waals surface area contributed by atoms with Crippen LogP contribution in [0.4, 0.5) is 5.69 Å². The van der Waals surface area contributed by atoms with Crippen LogP contribution < -0.4 is 9.62 Å². The van der Waals surface area contributed by atoms with Crippen molar-refractivity contribution < 1.29 is 13.2 Å². The molecule has 0 bridgehead atoms. The molecule has 0 radical (unpaired) electrons. The van der Waals surface area contributed by atoms with Gasteiger partial charge < -0.3 is 5.32 Å². The van der Waals surface area contributed by atoms with Crippen molar-refractivity contribution in [2.24, 2.45) is 5.41 Å². The van der Waals surface area contributed by atoms with E-state index in [4.69, 9.17) is 0 Å². The highest BCUT2D eigenvalue weighted by molar-refractivity contribution is 7.93. The van der Waals surface area contributed by atoms with Crippen molar-refractivity contribution in [3.63, 3.8) is 0 Å². The highest BCUT2D eigenvalue weighted by Gasteiger charge is 2.35. The maximum Gasteiger partial charge on any atom is 0.265 e. The molecule has 2 aromatic rings. The number of carbonyl (C=O) groups excluding carboxylic acids is 1. The van der Waals surface area contributed by atoms with Gasteiger partial charge in [-0.1, -0.05) is 45.0 Å². The minimum Gasteiger partial charge on any atom is -0.351 e. The third-order valence-corrected chi connectivity index (χ3v) is 6.75. The SMILES string of the molecule is CC(C)(C)CC(C)(C)NC(=O)CCCN1c2cccc3cccc(c23)S1(=O)=O. The summed E-state index contributed by atoms with van der Waals surface area (Å²) in [6.45, 7) is 10.8. The fourth-order valence-electron chi connectivity index (χ4n) is 4.39. The summed E-state index contributed by atoms with van der Waals surface area (Å²) in [7, 11) is -3.55. The molecule has 2 aromatic carbocycles. The number of carbonyl (C=O) groups is 1. The van der Waals surface area contributed by atoms with Gasteiger partial charge >= 0.3 is 0 Å². The van der Waals surface area contributed by atoms with Gasteiger partial charge in [-0.15, -0.1) is 0 Å². The highest BCUT2D eigenvalue weighted by Crippen LogP contribution is 2.42. The predicted octanol–water partition coefficient (Wildman–Crippen LogP) is 4.46. The van der Waals surface area contributed by atoms with Crippen molar-refractivity contribution in [1.82, 2.24) is 5.32 Å². The van der Waals surface area contributed by atoms with Crippen LogP contribution in [0.5, 0.6) is 0 Å². The maximum atomic E-state index is 13.0. The molecule has 1 aliphatic rings. The van der Waals surface area contributed by atoms with Gasteiger partial charge in [0.15, 0.2) is 0 Å². The van der Waals surface area contributed by atoms with Gasteiger partial charge in [0.2, 0.25) is 5.91 Å². The van der Waals surface area contributed by atoms with Gasteiger partial charge in [0.05, 0.1) is 10.6 Å². The molecule has 3 rings (SSSR count). The molecule has 0 aromatic heterocycles. The lowest BCUT2D eigenvalue weighted by molar-refractivity contribution is -0.123. The lowest BCUT2D eigenvalue weighted by Crippen LogP contribution is -2.45. The van der Waals surface area contributed by atoms with E-state index in [1.165, 1.54) is 4.31 Å². The number of sulfonamides is 1. The van der Waals surface area contributed by atoms with E-state index in [-0.39, 0.29) is 16.9 Å². The molecule has 0 saturated heterocycles. The first-order chi connectivity index (χ1) is 12.9. The summed E-state index contributed by atoms with van der Waals surface area (Å²) >= 11 is 0. The van der Waals surface area contributed by atoms with Crippen LogP contribution in [0.1, 0.15) is 53.9 Å². The molecule has 152 valence electrons. The molecule has 5 nitrogen and oxygen atoms in total. The quantitative estimate of drug-likeness (QED) is 0.776. The van der Waals surface area contributed by atoms with Crippen LogP contribution in [-0.2, 0) is 14.8 Å². The largest absolute Gasteiger partial charge is 0.351 e. The van der Waals surface area contributed by atoms with Crippen molar-refractivity contribution in [1.29, 1.82) is 0 Å². The first-order valence-corrected chi connectivity index (χ1v) is 11.2. The normalized spacial score (nSPS) is 15.8. The van der Waals surface area contributed by atoms with E-state index >= 15 is 0 Å². The van der Waals surface area contributed by atoms with Gasteiger partial charge in [0.25, 0.3) is 10.0 Å². The average Bonchev–Trinajstić information content (AvgIpc) is 2.75. The number of benzene rings is 2. The van der Waals surface area contributed by atoms with Crippen molar-refractivity contribution in [3.05, 3.63) is 36.4 Å². The Balaban J connectivity index is 1.66. The van der Waals surface area contributed by atoms with Gasteiger partial charge in [-0.3, -0.25) is 9.10 Å². The van der Waals surface area contributed by atoms with E-state index in [2.05, 4.69) is 26.1 Å². The fourth-order valence-corrected chi connectivity index (χ4v) is 6.14. The van der Waals surface area contributed by atoms with Crippen LogP contribution in [0.25, 0.3) is 10.8 Å². The summed E-state index contributed by atoms with van der Waals surface area (Å²) in [5.41, 5.74) is 0.531. The highest BCUT2D eigenvalue weighted by atomic mass is 32.2. The van der Waals surface area contributed by atoms with Crippen LogP contribution in [0.3, 0.4) is 0 Å². The molecule has 1 N–H and O–H groups in total. The number of anilines is 1. The first kappa shape index (κ1) is 20.6. The second-order valence-corrected chi connectivity index (χ2v) is 11.3. The smallest absolute Gasteiger partial charge is 0.265 e. The third kappa shape index (κ3) is 4.17. The predicted molar refractivity (Wildman–Crippen MR) is 114 cm³/mol. The fraction of sp³-hybridized carbons (Fsp3) is 0.500. The van der Waals surface area contributed by atoms with Gasteiger partial charge in [-0.05, 0) is 49.6 Å². The standard InChI is InChI=1S/C22H30N2O3S/c1-21(2,3)15-22(4,5)23-19(25)13-8-14-24-17-11-6-9-16-10-7-12-18(20(16)17)28(24,26)27/h6-7,9-12H,8,13-15H2,1-5H3,(H,23,25). The van der Waals surface area contributed by atoms with E-state index in [0.717, 1.165) is 17.2 Å². The zero-order valence-electron chi connectivity index (χ0n) is 17.4. The Hall–Kier alpha value is -2.08. The topological polar surface area (TPSA) is 66.5 Å². The summed E-state index contributed by atoms with van der Waals surface area (Å²) in [5.74, 6) is -0.0402. The third-order valence-electron chi connectivity index (χ3n) is 4.90. The molecule has 0 atom stereocenters. The molecule has 0 saturated carbocycles. The number of hydrogen-bond donors (Lipinski definition) is 1. The Kier molecular flexibility index (Phi) is 5.21. The van der Waals surface area contributed by atoms with Gasteiger partial charge in [-0.2, -0.15) is 0 Å². The minimum absolute atomic E-state index is 0.0402. The van der Waals surface area contributed by atoms with Crippen molar-refractivity contribution in [2.75, 3.05) is 10.8 Å². The Morgan fingerprint density at radius 1 is 1.04 bits per heavy atom. The first-order valence-electron chi connectivity index (χ1n) is 9.76. The molecule has 0 spiro atoms. The second kappa shape index (κ2) is 7.07. The van der Waals surface area contributed by atoms with Crippen molar-refractivity contribution in [3.8, 4) is 0 Å². The summed E-state index contributed by atoms with van der Waals surface area (Å²) < 4.78 is 27.3. The number of amides is 1. The Labute approximate surface area is 168 Å². The number of nitrogens with one attached hydrogen (secondary N) is 1. The number of rotatable bonds is 6. The van der Waals surface area contributed by atoms with E-state index < -0.39 is 10.0 Å². The molecule has 1 amide bonds. The second-order valence-electron chi connectivity index (χ2n) is 9.48. The molecular weight excluding hydrogens is 372 g/mol. The molecule has 1 heterocycles. The van der Waals surface area contributed by atoms with Gasteiger partial charge in [0.1, 0.15) is 0 Å². The van der Waals surface area contributed by atoms with Crippen LogP contribution in [0, 0.1) is 5.41 Å². The summed E-state index contributed by atoms with van der Waals surface area (Å²) in [6.07, 6.45) is 1.64. The molecular formula is C22H30N2O3S. The van der Waals surface area contributed by atoms with Crippen LogP contribution in [-0.4, -0.2) is 26.4 Å². The van der Waals surface area contributed by atoms with Crippen molar-refractivity contribution >= 4 is 32.4 Å². The monoisotopic (exact) mass is 402 g/mol. The lowest BCUT2D eigenvalue weighted by atomic mass is 9.82. The maximum absolute atomic E-state index is 13.0. The number of hydrogen-bond acceptors (Lipinski definition) is 3. The lowest BCUT2D eigenvalue weighted by Gasteiger charge is -2.33. The van der Waals surface area contributed by atoms with E-state index in [1.54, 1.807) is 12.1 Å². The summed E-state index contributed by atoms with van der Waals surface area (Å²) in [4.78, 5) is 12.8. The molecule has 0 unspecified atom stereocenters. The zero-order chi connectivity index (χ0) is 20.7. The van der Waals surface area contributed by atoms with E-state index in [1.807, 2.05) is 38.1 Å². The van der Waals surface area contributed by atoms with Crippen LogP contribution >= 0.6 is 0 Å². The molecule has 6 heteroatoms. The molecule has 0 fully saturated rings. The average molecular weight is 403 g/mol. The van der Waals surface area contributed by atoms with E-state index in [0.29, 0.717) is 30.0 Å². The van der Waals surface area contributed by atoms with Crippen LogP contribution in [0.15, 0.2) is 41.3 Å². The Bertz CT molecular complexity index is 999. The zero-order valence-corrected chi connectivity index (χ0v) is 18.2. The molecule has 0 aliphatic carbocycles. The Morgan fingerprint density at radius 2 is 1.68 bits per heavy atom. The number of nitrogens with zero attached hydrogens (tertiary/aromatic N) is 1.